The summed E-state index contributed by atoms with van der Waals surface area (Å²) in [7, 11) is 5.89. The van der Waals surface area contributed by atoms with Gasteiger partial charge in [0.2, 0.25) is 0 Å². The predicted octanol–water partition coefficient (Wildman–Crippen LogP) is 13.9. The first kappa shape index (κ1) is 71.5. The highest BCUT2D eigenvalue weighted by molar-refractivity contribution is 14.1. The molecule has 3 heterocycles. The summed E-state index contributed by atoms with van der Waals surface area (Å²) in [5.41, 5.74) is 8.03. The number of aliphatic carboxylic acids is 1. The first-order valence-corrected chi connectivity index (χ1v) is 28.8. The van der Waals surface area contributed by atoms with E-state index in [2.05, 4.69) is 199 Å². The van der Waals surface area contributed by atoms with Crippen LogP contribution < -0.4 is 15.0 Å². The van der Waals surface area contributed by atoms with Gasteiger partial charge in [-0.1, -0.05) is 26.3 Å². The highest BCUT2D eigenvalue weighted by Gasteiger charge is 2.16. The Bertz CT molecular complexity index is 2920. The summed E-state index contributed by atoms with van der Waals surface area (Å²) >= 11 is 9.00. The van der Waals surface area contributed by atoms with E-state index < -0.39 is 5.97 Å². The molecule has 0 atom stereocenters. The molecule has 0 saturated carbocycles. The molecule has 3 N–H and O–H groups in total. The summed E-state index contributed by atoms with van der Waals surface area (Å²) in [5.74, 6) is 1.62. The van der Waals surface area contributed by atoms with Crippen molar-refractivity contribution in [3.63, 3.8) is 0 Å². The largest absolute Gasteiger partial charge is 0.481 e. The van der Waals surface area contributed by atoms with Gasteiger partial charge in [-0.3, -0.25) is 24.8 Å². The molecule has 0 spiro atoms. The Hall–Kier alpha value is -4.55. The van der Waals surface area contributed by atoms with E-state index in [1.54, 1.807) is 25.1 Å². The lowest BCUT2D eigenvalue weighted by atomic mass is 10.2. The average Bonchev–Trinajstić information content (AvgIpc) is 3.99. The Balaban J connectivity index is 0.000000566. The van der Waals surface area contributed by atoms with Crippen LogP contribution in [0.15, 0.2) is 122 Å². The molecule has 0 aliphatic rings. The number of fused-ring (bicyclic) bond motifs is 3. The van der Waals surface area contributed by atoms with E-state index >= 15 is 0 Å². The number of carboxylic acids is 1. The van der Waals surface area contributed by atoms with Crippen LogP contribution in [-0.2, 0) is 64.3 Å². The van der Waals surface area contributed by atoms with Gasteiger partial charge in [0.1, 0.15) is 17.5 Å². The van der Waals surface area contributed by atoms with Crippen LogP contribution in [0.25, 0.3) is 33.1 Å². The van der Waals surface area contributed by atoms with E-state index in [1.165, 1.54) is 0 Å². The minimum absolute atomic E-state index is 0. The minimum Gasteiger partial charge on any atom is -0.481 e. The number of rotatable bonds is 25. The fraction of sp³-hybridized carbons (Fsp3) is 0.357. The van der Waals surface area contributed by atoms with E-state index in [0.29, 0.717) is 57.3 Å². The zero-order chi connectivity index (χ0) is 57.9. The maximum atomic E-state index is 11.5. The van der Waals surface area contributed by atoms with Crippen molar-refractivity contribution in [2.75, 3.05) is 54.4 Å². The van der Waals surface area contributed by atoms with Gasteiger partial charge in [0.25, 0.3) is 0 Å². The molecule has 22 heteroatoms. The third kappa shape index (κ3) is 23.7. The number of hydrogen-bond donors (Lipinski definition) is 3. The number of aryl methyl sites for hydroxylation is 6. The first-order chi connectivity index (χ1) is 36.6. The molecular weight excluding hydrogens is 1470 g/mol. The van der Waals surface area contributed by atoms with Gasteiger partial charge >= 0.3 is 17.9 Å². The zero-order valence-corrected chi connectivity index (χ0v) is 54.7. The number of benzene rings is 3. The molecule has 3 aromatic heterocycles. The lowest BCUT2D eigenvalue weighted by Crippen LogP contribution is -2.25. The van der Waals surface area contributed by atoms with Gasteiger partial charge in [-0.15, -0.1) is 43.9 Å². The quantitative estimate of drug-likeness (QED) is 0.0212. The van der Waals surface area contributed by atoms with Crippen LogP contribution in [0, 0.1) is 0 Å². The number of esters is 2. The number of imidazole rings is 3. The van der Waals surface area contributed by atoms with Crippen molar-refractivity contribution in [3.05, 3.63) is 139 Å². The standard InChI is InChI=1S/C20H25I2N3O2.C18H21I2N3O2.C14H19N3O4.2C2H4.ClH/c1-5-27-20(26)8-6-7-19-23-17-11-16(9-10-18(17)24(19)4)25(12-14(2)21)13-15(3)22;1-12(19)10-23(11-13(2)20)14-7-8-16-15(9-14)21-17(22(16)3)5-4-6-18(24)25;1-3-21-14(18)6-4-5-13-15-11-9-10(17(19)20)7-8-12(11)16(13)2;2*1-2;/h9-11H,2-3,5-8,12-13H2,1,4H3;7-9H,1-2,4-6,10-11H2,3H3,(H,24,25);7-9,19-20H,3-6H2,1-2H3;2*1-2H2;1H. The summed E-state index contributed by atoms with van der Waals surface area (Å²) < 4.78 is 20.2. The summed E-state index contributed by atoms with van der Waals surface area (Å²) in [6.45, 7) is 35.5. The number of carbonyl (C=O) groups is 3. The van der Waals surface area contributed by atoms with Crippen molar-refractivity contribution in [1.82, 2.24) is 28.7 Å². The number of ether oxygens (including phenoxy) is 2. The lowest BCUT2D eigenvalue weighted by molar-refractivity contribution is -0.144. The van der Waals surface area contributed by atoms with E-state index in [9.17, 15) is 14.4 Å². The Labute approximate surface area is 520 Å². The number of hydrogen-bond acceptors (Lipinski definition) is 13. The van der Waals surface area contributed by atoms with E-state index in [0.717, 1.165) is 110 Å². The smallest absolute Gasteiger partial charge is 0.305 e. The number of halogens is 5. The van der Waals surface area contributed by atoms with Crippen LogP contribution in [-0.4, -0.2) is 101 Å². The molecule has 0 bridgehead atoms. The van der Waals surface area contributed by atoms with E-state index in [1.807, 2.05) is 37.2 Å². The molecule has 0 aliphatic carbocycles. The van der Waals surface area contributed by atoms with Gasteiger partial charge in [-0.25, -0.2) is 15.0 Å². The van der Waals surface area contributed by atoms with Crippen molar-refractivity contribution >= 4 is 171 Å². The van der Waals surface area contributed by atoms with Crippen LogP contribution >= 0.6 is 103 Å². The summed E-state index contributed by atoms with van der Waals surface area (Å²) in [6, 6.07) is 17.5. The maximum Gasteiger partial charge on any atom is 0.305 e. The fourth-order valence-corrected chi connectivity index (χ4v) is 9.50. The number of nitrogens with zero attached hydrogens (tertiary/aromatic N) is 9. The monoisotopic (exact) mass is 1540 g/mol. The maximum absolute atomic E-state index is 11.5. The molecule has 0 fully saturated rings. The summed E-state index contributed by atoms with van der Waals surface area (Å²) in [4.78, 5) is 51.9. The van der Waals surface area contributed by atoms with Gasteiger partial charge in [0.15, 0.2) is 0 Å². The van der Waals surface area contributed by atoms with Crippen LogP contribution in [0.4, 0.5) is 17.1 Å². The highest BCUT2D eigenvalue weighted by Crippen LogP contribution is 2.28. The van der Waals surface area contributed by atoms with Gasteiger partial charge in [-0.2, -0.15) is 0 Å². The SMILES string of the molecule is C=C.C=C.C=C(I)CN(CC(=C)I)c1ccc2c(c1)nc(CCCC(=O)O)n2C.C=C(I)CN(CC(=C)I)c1ccc2c(c1)nc(CCCC(=O)OCC)n2C.CCOC(=O)CCCc1nc2cc(N(O)O)ccc2n1C.Cl. The summed E-state index contributed by atoms with van der Waals surface area (Å²) in [6.07, 6.45) is 5.00. The second-order valence-corrected chi connectivity index (χ2v) is 23.0. The first-order valence-electron chi connectivity index (χ1n) is 24.5. The molecular formula is C56H74ClI4N9O8. The van der Waals surface area contributed by atoms with E-state index in [4.69, 9.17) is 35.0 Å². The number of carboxylic acid groups (broad SMARTS) is 1. The Morgan fingerprint density at radius 3 is 1.08 bits per heavy atom. The third-order valence-corrected chi connectivity index (χ3v) is 12.6. The molecule has 426 valence electrons. The molecule has 3 aromatic carbocycles. The normalized spacial score (nSPS) is 10.2. The lowest BCUT2D eigenvalue weighted by Gasteiger charge is -2.24. The van der Waals surface area contributed by atoms with Crippen LogP contribution in [0.1, 0.15) is 69.8 Å². The van der Waals surface area contributed by atoms with Crippen molar-refractivity contribution in [2.24, 2.45) is 21.1 Å². The molecule has 0 saturated heterocycles. The Morgan fingerprint density at radius 1 is 0.526 bits per heavy atom. The van der Waals surface area contributed by atoms with Gasteiger partial charge in [0, 0.05) is 112 Å². The van der Waals surface area contributed by atoms with E-state index in [-0.39, 0.29) is 41.7 Å². The number of aromatic nitrogens is 6. The van der Waals surface area contributed by atoms with Crippen molar-refractivity contribution in [1.29, 1.82) is 0 Å². The van der Waals surface area contributed by atoms with Gasteiger partial charge in [0.05, 0.1) is 52.0 Å². The van der Waals surface area contributed by atoms with Crippen molar-refractivity contribution in [2.45, 2.75) is 71.6 Å². The molecule has 6 aromatic rings. The molecule has 6 rings (SSSR count). The topological polar surface area (TPSA) is 194 Å². The zero-order valence-electron chi connectivity index (χ0n) is 45.3. The van der Waals surface area contributed by atoms with Gasteiger partial charge in [-0.05, 0) is 178 Å². The van der Waals surface area contributed by atoms with Crippen LogP contribution in [0.3, 0.4) is 0 Å². The Morgan fingerprint density at radius 2 is 0.808 bits per heavy atom. The third-order valence-electron chi connectivity index (χ3n) is 11.2. The molecule has 0 aliphatic heterocycles. The molecule has 17 nitrogen and oxygen atoms in total. The highest BCUT2D eigenvalue weighted by atomic mass is 127. The molecule has 0 unspecified atom stereocenters. The second kappa shape index (κ2) is 37.4. The molecule has 0 radical (unpaired) electrons. The number of anilines is 3. The summed E-state index contributed by atoms with van der Waals surface area (Å²) in [5, 5.41) is 26.9. The van der Waals surface area contributed by atoms with Crippen LogP contribution in [0.2, 0.25) is 0 Å². The second-order valence-electron chi connectivity index (χ2n) is 16.9. The van der Waals surface area contributed by atoms with Crippen LogP contribution in [0.5, 0.6) is 0 Å². The Kier molecular flexibility index (Phi) is 34.3. The molecule has 0 amide bonds. The van der Waals surface area contributed by atoms with Gasteiger partial charge < -0.3 is 38.1 Å². The molecule has 78 heavy (non-hydrogen) atoms. The number of carbonyl (C=O) groups excluding carboxylic acids is 2. The average molecular weight is 1540 g/mol. The van der Waals surface area contributed by atoms with Crippen molar-refractivity contribution in [3.8, 4) is 0 Å². The fourth-order valence-electron chi connectivity index (χ4n) is 7.85. The minimum atomic E-state index is -0.769. The predicted molar refractivity (Wildman–Crippen MR) is 355 cm³/mol. The van der Waals surface area contributed by atoms with Crippen molar-refractivity contribution < 1.29 is 39.4 Å².